The van der Waals surface area contributed by atoms with E-state index in [0.717, 1.165) is 28.1 Å². The van der Waals surface area contributed by atoms with E-state index in [1.165, 1.54) is 5.39 Å². The van der Waals surface area contributed by atoms with E-state index in [9.17, 15) is 5.26 Å². The molecule has 4 aromatic rings. The summed E-state index contributed by atoms with van der Waals surface area (Å²) in [5, 5.41) is 10.7. The molecule has 26 heavy (non-hydrogen) atoms. The number of benzene rings is 2. The second kappa shape index (κ2) is 6.12. The Bertz CT molecular complexity index is 1180. The Labute approximate surface area is 152 Å². The van der Waals surface area contributed by atoms with Gasteiger partial charge in [0.1, 0.15) is 5.52 Å². The van der Waals surface area contributed by atoms with Crippen molar-refractivity contribution in [2.24, 2.45) is 7.05 Å². The summed E-state index contributed by atoms with van der Waals surface area (Å²) in [5.41, 5.74) is 6.08. The zero-order valence-electron chi connectivity index (χ0n) is 15.1. The van der Waals surface area contributed by atoms with E-state index in [2.05, 4.69) is 58.2 Å². The molecule has 4 nitrogen and oxygen atoms in total. The highest BCUT2D eigenvalue weighted by molar-refractivity contribution is 5.77. The lowest BCUT2D eigenvalue weighted by molar-refractivity contribution is -0.680. The molecule has 0 atom stereocenters. The zero-order chi connectivity index (χ0) is 18.3. The van der Waals surface area contributed by atoms with Crippen LogP contribution in [0.5, 0.6) is 0 Å². The van der Waals surface area contributed by atoms with Crippen LogP contribution in [0.25, 0.3) is 22.3 Å². The molecule has 4 heteroatoms. The van der Waals surface area contributed by atoms with Crippen LogP contribution in [0.15, 0.2) is 67.0 Å². The molecule has 2 aromatic heterocycles. The van der Waals surface area contributed by atoms with Crippen molar-refractivity contribution in [1.29, 1.82) is 5.26 Å². The van der Waals surface area contributed by atoms with Crippen molar-refractivity contribution in [3.63, 3.8) is 0 Å². The maximum Gasteiger partial charge on any atom is 0.246 e. The number of nitriles is 1. The minimum Gasteiger partial charge on any atom is -0.192 e. The van der Waals surface area contributed by atoms with Crippen LogP contribution in [0.4, 0.5) is 0 Å². The van der Waals surface area contributed by atoms with Crippen molar-refractivity contribution >= 4 is 10.9 Å². The Morgan fingerprint density at radius 1 is 0.962 bits per heavy atom. The number of hydrogen-bond acceptors (Lipinski definition) is 1. The summed E-state index contributed by atoms with van der Waals surface area (Å²) >= 11 is 0. The van der Waals surface area contributed by atoms with Gasteiger partial charge in [0.15, 0.2) is 11.9 Å². The number of para-hydroxylation sites is 1. The molecule has 0 aliphatic rings. The number of fused-ring (bicyclic) bond motifs is 1. The van der Waals surface area contributed by atoms with Gasteiger partial charge >= 0.3 is 0 Å². The first kappa shape index (κ1) is 16.0. The SMILES string of the molecule is Cc1c(-[n+]2ccccc2C)cc(C#N)cc1-[n+]1cc2ccccc2n1C. The first-order chi connectivity index (χ1) is 12.6. The molecule has 0 amide bonds. The third-order valence-corrected chi connectivity index (χ3v) is 4.92. The van der Waals surface area contributed by atoms with Gasteiger partial charge in [0.2, 0.25) is 17.6 Å². The molecule has 0 saturated carbocycles. The van der Waals surface area contributed by atoms with Crippen LogP contribution in [0.2, 0.25) is 0 Å². The van der Waals surface area contributed by atoms with Gasteiger partial charge in [0.25, 0.3) is 0 Å². The summed E-state index contributed by atoms with van der Waals surface area (Å²) in [6.45, 7) is 4.18. The lowest BCUT2D eigenvalue weighted by atomic mass is 10.1. The quantitative estimate of drug-likeness (QED) is 0.516. The van der Waals surface area contributed by atoms with Crippen molar-refractivity contribution in [3.05, 3.63) is 83.8 Å². The molecular formula is C22H20N4+2. The standard InChI is InChI=1S/C22H20N4/c1-16-8-6-7-11-25(16)21-12-18(14-23)13-22(17(21)2)26-15-19-9-4-5-10-20(19)24(26)3/h4-13,15H,1-3H3/q+2. The van der Waals surface area contributed by atoms with Crippen LogP contribution in [-0.2, 0) is 7.05 Å². The topological polar surface area (TPSA) is 36.5 Å². The third kappa shape index (κ3) is 2.46. The van der Waals surface area contributed by atoms with Crippen molar-refractivity contribution in [1.82, 2.24) is 4.68 Å². The fraction of sp³-hybridized carbons (Fsp3) is 0.136. The van der Waals surface area contributed by atoms with Gasteiger partial charge in [0, 0.05) is 31.2 Å². The Kier molecular flexibility index (Phi) is 3.78. The molecule has 0 aliphatic carbocycles. The Morgan fingerprint density at radius 2 is 1.69 bits per heavy atom. The second-order valence-electron chi connectivity index (χ2n) is 6.52. The predicted octanol–water partition coefficient (Wildman–Crippen LogP) is 3.22. The largest absolute Gasteiger partial charge is 0.246 e. The fourth-order valence-corrected chi connectivity index (χ4v) is 3.49. The van der Waals surface area contributed by atoms with Gasteiger partial charge in [-0.15, -0.1) is 0 Å². The average Bonchev–Trinajstić information content (AvgIpc) is 2.99. The maximum absolute atomic E-state index is 9.57. The Balaban J connectivity index is 2.03. The van der Waals surface area contributed by atoms with Gasteiger partial charge in [-0.1, -0.05) is 22.9 Å². The van der Waals surface area contributed by atoms with E-state index in [4.69, 9.17) is 0 Å². The van der Waals surface area contributed by atoms with Gasteiger partial charge in [-0.2, -0.15) is 14.5 Å². The Morgan fingerprint density at radius 3 is 2.42 bits per heavy atom. The number of rotatable bonds is 2. The highest BCUT2D eigenvalue weighted by Crippen LogP contribution is 2.20. The van der Waals surface area contributed by atoms with E-state index >= 15 is 0 Å². The molecule has 0 aliphatic heterocycles. The van der Waals surface area contributed by atoms with Crippen LogP contribution in [0, 0.1) is 25.2 Å². The molecule has 0 saturated heterocycles. The van der Waals surface area contributed by atoms with Gasteiger partial charge in [-0.05, 0) is 19.1 Å². The fourth-order valence-electron chi connectivity index (χ4n) is 3.49. The highest BCUT2D eigenvalue weighted by Gasteiger charge is 2.25. The van der Waals surface area contributed by atoms with E-state index in [1.807, 2.05) is 49.6 Å². The molecule has 0 N–H and O–H groups in total. The molecule has 126 valence electrons. The van der Waals surface area contributed by atoms with Crippen LogP contribution < -0.4 is 9.25 Å². The lowest BCUT2D eigenvalue weighted by Crippen LogP contribution is -2.41. The van der Waals surface area contributed by atoms with E-state index in [0.29, 0.717) is 5.56 Å². The molecule has 0 fully saturated rings. The summed E-state index contributed by atoms with van der Waals surface area (Å²) in [7, 11) is 2.04. The van der Waals surface area contributed by atoms with E-state index < -0.39 is 0 Å². The number of aryl methyl sites for hydroxylation is 2. The minimum atomic E-state index is 0.647. The summed E-state index contributed by atoms with van der Waals surface area (Å²) in [5.74, 6) is 0. The summed E-state index contributed by atoms with van der Waals surface area (Å²) in [6, 6.07) is 20.6. The summed E-state index contributed by atoms with van der Waals surface area (Å²) in [4.78, 5) is 0. The van der Waals surface area contributed by atoms with Crippen molar-refractivity contribution in [2.45, 2.75) is 13.8 Å². The van der Waals surface area contributed by atoms with Crippen LogP contribution in [-0.4, -0.2) is 4.68 Å². The highest BCUT2D eigenvalue weighted by atomic mass is 15.4. The first-order valence-corrected chi connectivity index (χ1v) is 8.59. The van der Waals surface area contributed by atoms with Gasteiger partial charge in [-0.3, -0.25) is 0 Å². The van der Waals surface area contributed by atoms with E-state index in [1.54, 1.807) is 0 Å². The minimum absolute atomic E-state index is 0.647. The smallest absolute Gasteiger partial charge is 0.192 e. The third-order valence-electron chi connectivity index (χ3n) is 4.92. The van der Waals surface area contributed by atoms with Crippen LogP contribution in [0.1, 0.15) is 16.8 Å². The normalized spacial score (nSPS) is 10.8. The van der Waals surface area contributed by atoms with E-state index in [-0.39, 0.29) is 0 Å². The lowest BCUT2D eigenvalue weighted by Gasteiger charge is -2.06. The van der Waals surface area contributed by atoms with Crippen molar-refractivity contribution in [3.8, 4) is 17.4 Å². The Hall–Kier alpha value is -3.45. The molecule has 0 bridgehead atoms. The summed E-state index contributed by atoms with van der Waals surface area (Å²) < 4.78 is 6.36. The van der Waals surface area contributed by atoms with Crippen LogP contribution in [0.3, 0.4) is 0 Å². The molecule has 0 unspecified atom stereocenters. The average molecular weight is 340 g/mol. The van der Waals surface area contributed by atoms with Gasteiger partial charge < -0.3 is 0 Å². The monoisotopic (exact) mass is 340 g/mol. The molecule has 0 spiro atoms. The zero-order valence-corrected chi connectivity index (χ0v) is 15.1. The molecular weight excluding hydrogens is 320 g/mol. The number of pyridine rings is 1. The maximum atomic E-state index is 9.57. The van der Waals surface area contributed by atoms with Crippen molar-refractivity contribution < 1.29 is 9.25 Å². The molecule has 4 rings (SSSR count). The number of aromatic nitrogens is 3. The van der Waals surface area contributed by atoms with Crippen molar-refractivity contribution in [2.75, 3.05) is 0 Å². The predicted molar refractivity (Wildman–Crippen MR) is 100 cm³/mol. The first-order valence-electron chi connectivity index (χ1n) is 8.59. The molecule has 2 heterocycles. The number of nitrogens with zero attached hydrogens (tertiary/aromatic N) is 4. The van der Waals surface area contributed by atoms with Gasteiger partial charge in [-0.25, -0.2) is 0 Å². The molecule has 2 aromatic carbocycles. The number of hydrogen-bond donors (Lipinski definition) is 0. The van der Waals surface area contributed by atoms with Crippen LogP contribution >= 0.6 is 0 Å². The summed E-state index contributed by atoms with van der Waals surface area (Å²) in [6.07, 6.45) is 4.15. The second-order valence-corrected chi connectivity index (χ2v) is 6.52. The molecule has 0 radical (unpaired) electrons. The van der Waals surface area contributed by atoms with Gasteiger partial charge in [0.05, 0.1) is 29.6 Å².